The zero-order valence-electron chi connectivity index (χ0n) is 21.3. The zero-order chi connectivity index (χ0) is 24.0. The van der Waals surface area contributed by atoms with Gasteiger partial charge in [0.05, 0.1) is 13.1 Å². The van der Waals surface area contributed by atoms with Crippen LogP contribution in [0.1, 0.15) is 76.9 Å². The number of imidazole rings is 2. The first-order valence-corrected chi connectivity index (χ1v) is 13.4. The van der Waals surface area contributed by atoms with Crippen molar-refractivity contribution in [3.63, 3.8) is 0 Å². The zero-order valence-corrected chi connectivity index (χ0v) is 21.3. The van der Waals surface area contributed by atoms with Crippen LogP contribution in [0.15, 0.2) is 24.8 Å². The van der Waals surface area contributed by atoms with Crippen LogP contribution in [0.25, 0.3) is 0 Å². The predicted molar refractivity (Wildman–Crippen MR) is 136 cm³/mol. The predicted octanol–water partition coefficient (Wildman–Crippen LogP) is 4.06. The molecule has 1 amide bonds. The number of rotatable bonds is 16. The molecule has 3 heterocycles. The van der Waals surface area contributed by atoms with Crippen LogP contribution in [0.5, 0.6) is 0 Å². The van der Waals surface area contributed by atoms with Crippen molar-refractivity contribution < 1.29 is 4.79 Å². The van der Waals surface area contributed by atoms with E-state index in [1.165, 1.54) is 58.2 Å². The van der Waals surface area contributed by atoms with Crippen LogP contribution in [0.3, 0.4) is 0 Å². The largest absolute Gasteiger partial charge is 0.347 e. The Morgan fingerprint density at radius 2 is 1.50 bits per heavy atom. The van der Waals surface area contributed by atoms with Gasteiger partial charge in [0.25, 0.3) is 0 Å². The van der Waals surface area contributed by atoms with Crippen molar-refractivity contribution in [2.45, 2.75) is 78.3 Å². The van der Waals surface area contributed by atoms with E-state index in [0.717, 1.165) is 44.1 Å². The molecule has 0 aliphatic carbocycles. The molecule has 2 aromatic heterocycles. The first-order chi connectivity index (χ1) is 16.7. The fourth-order valence-electron chi connectivity index (χ4n) is 5.00. The Hall–Kier alpha value is -2.19. The number of hydrogen-bond acceptors (Lipinski definition) is 5. The number of unbranched alkanes of at least 4 members (excludes halogenated alkanes) is 3. The standard InChI is InChI=1S/C26H45N7O/c1-3-15-31(16-4-2)17-7-5-6-8-18-32-19-9-23(10-20-32)26(34)33(21-24-27-11-12-28-24)22-25-29-13-14-30-25/h11-14,23H,3-10,15-22H2,1-2H3,(H,27,28)(H,29,30). The Kier molecular flexibility index (Phi) is 11.6. The number of H-pyrrole nitrogens is 2. The molecule has 0 spiro atoms. The second-order valence-corrected chi connectivity index (χ2v) is 9.64. The van der Waals surface area contributed by atoms with E-state index in [9.17, 15) is 4.79 Å². The van der Waals surface area contributed by atoms with E-state index in [0.29, 0.717) is 13.1 Å². The molecule has 0 atom stereocenters. The van der Waals surface area contributed by atoms with Gasteiger partial charge in [-0.1, -0.05) is 26.7 Å². The van der Waals surface area contributed by atoms with Gasteiger partial charge in [-0.3, -0.25) is 4.79 Å². The van der Waals surface area contributed by atoms with Gasteiger partial charge in [-0.2, -0.15) is 0 Å². The van der Waals surface area contributed by atoms with Gasteiger partial charge < -0.3 is 24.7 Å². The molecule has 0 bridgehead atoms. The van der Waals surface area contributed by atoms with E-state index in [1.807, 2.05) is 4.90 Å². The van der Waals surface area contributed by atoms with Crippen LogP contribution in [-0.4, -0.2) is 79.8 Å². The van der Waals surface area contributed by atoms with Crippen molar-refractivity contribution in [2.24, 2.45) is 5.92 Å². The Balaban J connectivity index is 1.35. The second kappa shape index (κ2) is 14.9. The van der Waals surface area contributed by atoms with Gasteiger partial charge in [0.1, 0.15) is 11.6 Å². The number of nitrogens with one attached hydrogen (secondary N) is 2. The molecule has 1 fully saturated rings. The van der Waals surface area contributed by atoms with E-state index in [-0.39, 0.29) is 11.8 Å². The number of hydrogen-bond donors (Lipinski definition) is 2. The summed E-state index contributed by atoms with van der Waals surface area (Å²) < 4.78 is 0. The summed E-state index contributed by atoms with van der Waals surface area (Å²) in [6, 6.07) is 0. The number of aromatic amines is 2. The molecule has 2 aromatic rings. The van der Waals surface area contributed by atoms with Crippen molar-refractivity contribution in [3.8, 4) is 0 Å². The average Bonchev–Trinajstić information content (AvgIpc) is 3.56. The SMILES string of the molecule is CCCN(CCC)CCCCCCN1CCC(C(=O)N(Cc2ncc[nH]2)Cc2ncc[nH]2)CC1. The summed E-state index contributed by atoms with van der Waals surface area (Å²) in [4.78, 5) is 35.3. The van der Waals surface area contributed by atoms with E-state index in [2.05, 4.69) is 43.6 Å². The van der Waals surface area contributed by atoms with Crippen molar-refractivity contribution in [1.29, 1.82) is 0 Å². The maximum Gasteiger partial charge on any atom is 0.226 e. The number of carbonyl (C=O) groups excluding carboxylic acids is 1. The van der Waals surface area contributed by atoms with Gasteiger partial charge in [-0.15, -0.1) is 0 Å². The Bertz CT molecular complexity index is 727. The number of aromatic nitrogens is 4. The van der Waals surface area contributed by atoms with Crippen LogP contribution in [0.2, 0.25) is 0 Å². The molecule has 8 heteroatoms. The lowest BCUT2D eigenvalue weighted by molar-refractivity contribution is -0.138. The van der Waals surface area contributed by atoms with Crippen LogP contribution in [0.4, 0.5) is 0 Å². The molecule has 3 rings (SSSR count). The van der Waals surface area contributed by atoms with Gasteiger partial charge >= 0.3 is 0 Å². The number of likely N-dealkylation sites (tertiary alicyclic amines) is 1. The molecule has 1 aliphatic heterocycles. The summed E-state index contributed by atoms with van der Waals surface area (Å²) in [5.74, 6) is 1.93. The fraction of sp³-hybridized carbons (Fsp3) is 0.731. The maximum atomic E-state index is 13.4. The Morgan fingerprint density at radius 3 is 2.03 bits per heavy atom. The van der Waals surface area contributed by atoms with Crippen molar-refractivity contribution in [2.75, 3.05) is 39.3 Å². The highest BCUT2D eigenvalue weighted by Gasteiger charge is 2.29. The molecule has 34 heavy (non-hydrogen) atoms. The average molecular weight is 472 g/mol. The monoisotopic (exact) mass is 471 g/mol. The highest BCUT2D eigenvalue weighted by atomic mass is 16.2. The van der Waals surface area contributed by atoms with Crippen LogP contribution < -0.4 is 0 Å². The summed E-state index contributed by atoms with van der Waals surface area (Å²) in [5.41, 5.74) is 0. The summed E-state index contributed by atoms with van der Waals surface area (Å²) in [6.07, 6.45) is 16.7. The van der Waals surface area contributed by atoms with E-state index in [4.69, 9.17) is 0 Å². The molecule has 1 aliphatic rings. The molecule has 190 valence electrons. The number of amides is 1. The lowest BCUT2D eigenvalue weighted by Gasteiger charge is -2.34. The third-order valence-electron chi connectivity index (χ3n) is 6.82. The highest BCUT2D eigenvalue weighted by Crippen LogP contribution is 2.22. The summed E-state index contributed by atoms with van der Waals surface area (Å²) in [5, 5.41) is 0. The smallest absolute Gasteiger partial charge is 0.226 e. The molecule has 0 radical (unpaired) electrons. The third kappa shape index (κ3) is 8.87. The highest BCUT2D eigenvalue weighted by molar-refractivity contribution is 5.78. The van der Waals surface area contributed by atoms with E-state index in [1.54, 1.807) is 24.8 Å². The molecule has 1 saturated heterocycles. The summed E-state index contributed by atoms with van der Waals surface area (Å²) >= 11 is 0. The number of carbonyl (C=O) groups is 1. The molecule has 0 unspecified atom stereocenters. The summed E-state index contributed by atoms with van der Waals surface area (Å²) in [7, 11) is 0. The fourth-order valence-corrected chi connectivity index (χ4v) is 5.00. The third-order valence-corrected chi connectivity index (χ3v) is 6.82. The van der Waals surface area contributed by atoms with Gasteiger partial charge in [0, 0.05) is 30.7 Å². The molecule has 2 N–H and O–H groups in total. The number of piperidine rings is 1. The van der Waals surface area contributed by atoms with Gasteiger partial charge in [-0.25, -0.2) is 9.97 Å². The van der Waals surface area contributed by atoms with Gasteiger partial charge in [0.2, 0.25) is 5.91 Å². The van der Waals surface area contributed by atoms with E-state index >= 15 is 0 Å². The maximum absolute atomic E-state index is 13.4. The minimum atomic E-state index is 0.0873. The Labute approximate surface area is 205 Å². The topological polar surface area (TPSA) is 84.2 Å². The summed E-state index contributed by atoms with van der Waals surface area (Å²) in [6.45, 7) is 12.5. The Morgan fingerprint density at radius 1 is 0.912 bits per heavy atom. The normalized spacial score (nSPS) is 15.3. The molecule has 8 nitrogen and oxygen atoms in total. The molecular formula is C26H45N7O. The molecule has 0 saturated carbocycles. The second-order valence-electron chi connectivity index (χ2n) is 9.64. The number of nitrogens with zero attached hydrogens (tertiary/aromatic N) is 5. The lowest BCUT2D eigenvalue weighted by atomic mass is 9.95. The van der Waals surface area contributed by atoms with Crippen molar-refractivity contribution in [1.82, 2.24) is 34.6 Å². The van der Waals surface area contributed by atoms with Crippen LogP contribution in [-0.2, 0) is 17.9 Å². The quantitative estimate of drug-likeness (QED) is 0.361. The molecular weight excluding hydrogens is 426 g/mol. The minimum Gasteiger partial charge on any atom is -0.347 e. The van der Waals surface area contributed by atoms with Gasteiger partial charge in [0.15, 0.2) is 0 Å². The van der Waals surface area contributed by atoms with Crippen LogP contribution in [0, 0.1) is 5.92 Å². The van der Waals surface area contributed by atoms with Crippen molar-refractivity contribution >= 4 is 5.91 Å². The van der Waals surface area contributed by atoms with Gasteiger partial charge in [-0.05, 0) is 77.8 Å². The first kappa shape index (κ1) is 26.4. The lowest BCUT2D eigenvalue weighted by Crippen LogP contribution is -2.42. The van der Waals surface area contributed by atoms with Crippen LogP contribution >= 0.6 is 0 Å². The first-order valence-electron chi connectivity index (χ1n) is 13.4. The van der Waals surface area contributed by atoms with E-state index < -0.39 is 0 Å². The molecule has 0 aromatic carbocycles. The minimum absolute atomic E-state index is 0.0873. The van der Waals surface area contributed by atoms with Crippen molar-refractivity contribution in [3.05, 3.63) is 36.4 Å².